The van der Waals surface area contributed by atoms with Crippen LogP contribution >= 0.6 is 11.3 Å². The number of hydrogen-bond acceptors (Lipinski definition) is 5. The highest BCUT2D eigenvalue weighted by atomic mass is 32.1. The molecule has 3 fully saturated rings. The third-order valence-electron chi connectivity index (χ3n) is 6.36. The van der Waals surface area contributed by atoms with E-state index >= 15 is 0 Å². The van der Waals surface area contributed by atoms with Gasteiger partial charge in [0.25, 0.3) is 0 Å². The maximum Gasteiger partial charge on any atom is 0.223 e. The predicted octanol–water partition coefficient (Wildman–Crippen LogP) is 2.16. The molecule has 1 aliphatic carbocycles. The Morgan fingerprint density at radius 1 is 1.21 bits per heavy atom. The zero-order chi connectivity index (χ0) is 16.1. The zero-order valence-corrected chi connectivity index (χ0v) is 15.0. The Morgan fingerprint density at radius 3 is 2.71 bits per heavy atom. The molecule has 1 aromatic heterocycles. The molecular weight excluding hydrogens is 320 g/mol. The lowest BCUT2D eigenvalue weighted by atomic mass is 9.82. The quantitative estimate of drug-likeness (QED) is 0.911. The summed E-state index contributed by atoms with van der Waals surface area (Å²) in [7, 11) is 0. The van der Waals surface area contributed by atoms with Gasteiger partial charge in [0.2, 0.25) is 5.91 Å². The highest BCUT2D eigenvalue weighted by Gasteiger charge is 2.39. The summed E-state index contributed by atoms with van der Waals surface area (Å²) in [6.45, 7) is 3.83. The molecule has 1 amide bonds. The molecule has 1 aromatic rings. The second-order valence-electron chi connectivity index (χ2n) is 7.88. The summed E-state index contributed by atoms with van der Waals surface area (Å²) in [6, 6.07) is 1.24. The first-order chi connectivity index (χ1) is 11.8. The van der Waals surface area contributed by atoms with Gasteiger partial charge in [-0.3, -0.25) is 4.79 Å². The summed E-state index contributed by atoms with van der Waals surface area (Å²) in [4.78, 5) is 23.5. The van der Waals surface area contributed by atoms with E-state index in [4.69, 9.17) is 4.98 Å². The molecule has 2 unspecified atom stereocenters. The molecule has 6 heteroatoms. The van der Waals surface area contributed by atoms with Gasteiger partial charge in [0, 0.05) is 49.4 Å². The molecule has 0 radical (unpaired) electrons. The molecule has 2 atom stereocenters. The fourth-order valence-corrected chi connectivity index (χ4v) is 5.93. The van der Waals surface area contributed by atoms with Crippen LogP contribution in [0.4, 0.5) is 5.13 Å². The van der Waals surface area contributed by atoms with E-state index in [2.05, 4.69) is 15.1 Å². The van der Waals surface area contributed by atoms with E-state index < -0.39 is 0 Å². The van der Waals surface area contributed by atoms with E-state index in [9.17, 15) is 4.79 Å². The second kappa shape index (κ2) is 5.99. The van der Waals surface area contributed by atoms with Gasteiger partial charge in [0.05, 0.1) is 12.2 Å². The molecular formula is C18H26N4OS. The molecule has 1 saturated carbocycles. The van der Waals surface area contributed by atoms with Crippen molar-refractivity contribution in [3.05, 3.63) is 10.6 Å². The normalized spacial score (nSPS) is 29.5. The van der Waals surface area contributed by atoms with Gasteiger partial charge >= 0.3 is 0 Å². The molecule has 0 aromatic carbocycles. The number of aromatic nitrogens is 1. The van der Waals surface area contributed by atoms with Crippen molar-refractivity contribution in [2.45, 2.75) is 63.6 Å². The Morgan fingerprint density at radius 2 is 2.00 bits per heavy atom. The van der Waals surface area contributed by atoms with Gasteiger partial charge in [0.15, 0.2) is 5.13 Å². The number of nitrogens with one attached hydrogen (secondary N) is 1. The lowest BCUT2D eigenvalue weighted by Crippen LogP contribution is -2.51. The monoisotopic (exact) mass is 346 g/mol. The Labute approximate surface area is 147 Å². The first kappa shape index (κ1) is 15.1. The van der Waals surface area contributed by atoms with Crippen LogP contribution in [0.15, 0.2) is 0 Å². The molecule has 5 rings (SSSR count). The molecule has 2 saturated heterocycles. The minimum atomic E-state index is 0.363. The van der Waals surface area contributed by atoms with Crippen LogP contribution in [-0.4, -0.2) is 47.5 Å². The van der Waals surface area contributed by atoms with E-state index in [-0.39, 0.29) is 0 Å². The average molecular weight is 347 g/mol. The van der Waals surface area contributed by atoms with Crippen LogP contribution in [0.3, 0.4) is 0 Å². The lowest BCUT2D eigenvalue weighted by Gasteiger charge is -2.35. The number of piperazine rings is 1. The molecule has 5 nitrogen and oxygen atoms in total. The number of nitrogens with zero attached hydrogens (tertiary/aromatic N) is 3. The highest BCUT2D eigenvalue weighted by molar-refractivity contribution is 7.15. The first-order valence-electron chi connectivity index (χ1n) is 9.53. The minimum absolute atomic E-state index is 0.363. The highest BCUT2D eigenvalue weighted by Crippen LogP contribution is 2.38. The first-order valence-corrected chi connectivity index (χ1v) is 10.3. The fraction of sp³-hybridized carbons (Fsp3) is 0.778. The molecule has 4 heterocycles. The number of thiazole rings is 1. The number of carbonyl (C=O) groups is 1. The van der Waals surface area contributed by atoms with Gasteiger partial charge in [-0.05, 0) is 31.6 Å². The van der Waals surface area contributed by atoms with Crippen LogP contribution in [0.2, 0.25) is 0 Å². The van der Waals surface area contributed by atoms with E-state index in [0.29, 0.717) is 23.9 Å². The van der Waals surface area contributed by atoms with Gasteiger partial charge in [-0.25, -0.2) is 4.98 Å². The average Bonchev–Trinajstić information content (AvgIpc) is 3.07. The van der Waals surface area contributed by atoms with Gasteiger partial charge in [0.1, 0.15) is 0 Å². The van der Waals surface area contributed by atoms with Crippen molar-refractivity contribution in [3.8, 4) is 0 Å². The van der Waals surface area contributed by atoms with Crippen molar-refractivity contribution in [1.29, 1.82) is 0 Å². The van der Waals surface area contributed by atoms with Crippen molar-refractivity contribution in [1.82, 2.24) is 15.2 Å². The summed E-state index contributed by atoms with van der Waals surface area (Å²) in [5.74, 6) is 1.02. The van der Waals surface area contributed by atoms with Crippen molar-refractivity contribution >= 4 is 22.4 Å². The number of hydrogen-bond donors (Lipinski definition) is 1. The maximum atomic E-state index is 12.5. The minimum Gasteiger partial charge on any atom is -0.340 e. The van der Waals surface area contributed by atoms with Crippen LogP contribution < -0.4 is 10.2 Å². The number of fused-ring (bicyclic) bond motifs is 3. The smallest absolute Gasteiger partial charge is 0.223 e. The Bertz CT molecular complexity index is 625. The van der Waals surface area contributed by atoms with Gasteiger partial charge < -0.3 is 15.1 Å². The lowest BCUT2D eigenvalue weighted by molar-refractivity contribution is -0.133. The summed E-state index contributed by atoms with van der Waals surface area (Å²) in [5, 5.41) is 4.75. The topological polar surface area (TPSA) is 48.5 Å². The van der Waals surface area contributed by atoms with E-state index in [1.165, 1.54) is 47.8 Å². The Balaban J connectivity index is 1.30. The molecule has 0 spiro atoms. The molecule has 130 valence electrons. The number of amides is 1. The third kappa shape index (κ3) is 2.54. The maximum absolute atomic E-state index is 12.5. The van der Waals surface area contributed by atoms with Crippen LogP contribution in [-0.2, 0) is 17.8 Å². The SMILES string of the molecule is O=C(CC1CCC1)N1CCc2nc(N3C4CCC3CNC4)sc2C1. The summed E-state index contributed by atoms with van der Waals surface area (Å²) < 4.78 is 0. The summed E-state index contributed by atoms with van der Waals surface area (Å²) in [6.07, 6.45) is 8.09. The van der Waals surface area contributed by atoms with E-state index in [1.54, 1.807) is 0 Å². The second-order valence-corrected chi connectivity index (χ2v) is 8.95. The van der Waals surface area contributed by atoms with Gasteiger partial charge in [-0.15, -0.1) is 0 Å². The van der Waals surface area contributed by atoms with Crippen LogP contribution in [0.25, 0.3) is 0 Å². The van der Waals surface area contributed by atoms with E-state index in [1.807, 2.05) is 11.3 Å². The number of carbonyl (C=O) groups excluding carboxylic acids is 1. The van der Waals surface area contributed by atoms with Crippen LogP contribution in [0, 0.1) is 5.92 Å². The summed E-state index contributed by atoms with van der Waals surface area (Å²) >= 11 is 1.84. The Hall–Kier alpha value is -1.14. The van der Waals surface area contributed by atoms with Crippen molar-refractivity contribution < 1.29 is 4.79 Å². The molecule has 24 heavy (non-hydrogen) atoms. The van der Waals surface area contributed by atoms with Crippen molar-refractivity contribution in [2.24, 2.45) is 5.92 Å². The summed E-state index contributed by atoms with van der Waals surface area (Å²) in [5.41, 5.74) is 1.25. The van der Waals surface area contributed by atoms with E-state index in [0.717, 1.165) is 39.0 Å². The molecule has 2 bridgehead atoms. The van der Waals surface area contributed by atoms with Crippen molar-refractivity contribution in [2.75, 3.05) is 24.5 Å². The Kier molecular flexibility index (Phi) is 3.78. The van der Waals surface area contributed by atoms with Gasteiger partial charge in [-0.2, -0.15) is 0 Å². The largest absolute Gasteiger partial charge is 0.340 e. The van der Waals surface area contributed by atoms with Gasteiger partial charge in [-0.1, -0.05) is 17.8 Å². The number of rotatable bonds is 3. The molecule has 4 aliphatic rings. The third-order valence-corrected chi connectivity index (χ3v) is 7.46. The predicted molar refractivity (Wildman–Crippen MR) is 95.4 cm³/mol. The van der Waals surface area contributed by atoms with Crippen LogP contribution in [0.5, 0.6) is 0 Å². The number of anilines is 1. The molecule has 1 N–H and O–H groups in total. The van der Waals surface area contributed by atoms with Crippen molar-refractivity contribution in [3.63, 3.8) is 0 Å². The standard InChI is InChI=1S/C18H26N4OS/c23-17(8-12-2-1-3-12)21-7-6-15-16(11-21)24-18(20-15)22-13-4-5-14(22)10-19-9-13/h12-14,19H,1-11H2. The fourth-order valence-electron chi connectivity index (χ4n) is 4.67. The van der Waals surface area contributed by atoms with Crippen LogP contribution in [0.1, 0.15) is 49.1 Å². The zero-order valence-electron chi connectivity index (χ0n) is 14.2. The molecule has 3 aliphatic heterocycles.